The molecule has 0 amide bonds. The number of aliphatic hydroxyl groups excluding tert-OH is 1. The zero-order valence-electron chi connectivity index (χ0n) is 12.8. The second-order valence-electron chi connectivity index (χ2n) is 6.04. The maximum atomic E-state index is 12.7. The topological polar surface area (TPSA) is 66.4 Å². The molecule has 5 heteroatoms. The van der Waals surface area contributed by atoms with Gasteiger partial charge in [-0.3, -0.25) is 0 Å². The molecule has 2 unspecified atom stereocenters. The van der Waals surface area contributed by atoms with Gasteiger partial charge in [0, 0.05) is 6.04 Å². The van der Waals surface area contributed by atoms with Crippen molar-refractivity contribution in [3.05, 3.63) is 29.3 Å². The highest BCUT2D eigenvalue weighted by atomic mass is 32.2. The lowest BCUT2D eigenvalue weighted by molar-refractivity contribution is 0.280. The highest BCUT2D eigenvalue weighted by Crippen LogP contribution is 2.26. The highest BCUT2D eigenvalue weighted by molar-refractivity contribution is 7.89. The van der Waals surface area contributed by atoms with E-state index < -0.39 is 10.0 Å². The molecule has 21 heavy (non-hydrogen) atoms. The predicted octanol–water partition coefficient (Wildman–Crippen LogP) is 2.73. The minimum Gasteiger partial charge on any atom is -0.392 e. The van der Waals surface area contributed by atoms with Gasteiger partial charge in [0.25, 0.3) is 0 Å². The summed E-state index contributed by atoms with van der Waals surface area (Å²) in [4.78, 5) is 0.283. The van der Waals surface area contributed by atoms with Crippen molar-refractivity contribution in [1.29, 1.82) is 0 Å². The van der Waals surface area contributed by atoms with E-state index in [1.54, 1.807) is 25.1 Å². The van der Waals surface area contributed by atoms with Crippen LogP contribution < -0.4 is 4.72 Å². The van der Waals surface area contributed by atoms with Crippen LogP contribution in [0.3, 0.4) is 0 Å². The summed E-state index contributed by atoms with van der Waals surface area (Å²) < 4.78 is 28.2. The van der Waals surface area contributed by atoms with Crippen molar-refractivity contribution in [2.75, 3.05) is 0 Å². The van der Waals surface area contributed by atoms with E-state index in [1.807, 2.05) is 0 Å². The Balaban J connectivity index is 2.25. The van der Waals surface area contributed by atoms with Gasteiger partial charge in [0.1, 0.15) is 0 Å². The molecule has 0 heterocycles. The zero-order valence-corrected chi connectivity index (χ0v) is 13.6. The van der Waals surface area contributed by atoms with Crippen LogP contribution in [0.2, 0.25) is 0 Å². The van der Waals surface area contributed by atoms with E-state index in [0.717, 1.165) is 19.3 Å². The first-order valence-electron chi connectivity index (χ1n) is 7.67. The smallest absolute Gasteiger partial charge is 0.241 e. The number of nitrogens with one attached hydrogen (secondary N) is 1. The van der Waals surface area contributed by atoms with Crippen LogP contribution in [0, 0.1) is 12.8 Å². The van der Waals surface area contributed by atoms with E-state index in [4.69, 9.17) is 0 Å². The van der Waals surface area contributed by atoms with Gasteiger partial charge in [-0.2, -0.15) is 0 Å². The van der Waals surface area contributed by atoms with Gasteiger partial charge in [-0.05, 0) is 42.9 Å². The second-order valence-corrected chi connectivity index (χ2v) is 7.72. The van der Waals surface area contributed by atoms with E-state index in [0.29, 0.717) is 17.0 Å². The van der Waals surface area contributed by atoms with Gasteiger partial charge in [0.05, 0.1) is 11.5 Å². The molecular formula is C16H25NO3S. The van der Waals surface area contributed by atoms with Crippen molar-refractivity contribution in [2.45, 2.75) is 63.5 Å². The fourth-order valence-electron chi connectivity index (χ4n) is 3.05. The Morgan fingerprint density at radius 2 is 1.95 bits per heavy atom. The molecule has 1 aromatic carbocycles. The van der Waals surface area contributed by atoms with Crippen LogP contribution in [0.4, 0.5) is 0 Å². The number of hydrogen-bond donors (Lipinski definition) is 2. The summed E-state index contributed by atoms with van der Waals surface area (Å²) in [5, 5.41) is 9.29. The van der Waals surface area contributed by atoms with Gasteiger partial charge in [-0.15, -0.1) is 0 Å². The van der Waals surface area contributed by atoms with E-state index in [2.05, 4.69) is 11.6 Å². The molecule has 1 aliphatic carbocycles. The van der Waals surface area contributed by atoms with Gasteiger partial charge in [-0.25, -0.2) is 13.1 Å². The summed E-state index contributed by atoms with van der Waals surface area (Å²) >= 11 is 0. The minimum atomic E-state index is -3.53. The predicted molar refractivity (Wildman–Crippen MR) is 83.5 cm³/mol. The van der Waals surface area contributed by atoms with Crippen molar-refractivity contribution in [3.63, 3.8) is 0 Å². The van der Waals surface area contributed by atoms with Crippen LogP contribution >= 0.6 is 0 Å². The normalized spacial score (nSPS) is 23.8. The minimum absolute atomic E-state index is 0.00897. The standard InChI is InChI=1S/C16H25NO3S/c1-12-7-4-3-5-9-15(12)17-21(19,20)16-10-6-8-14(11-18)13(16)2/h6,8,10,12,15,17-18H,3-5,7,9,11H2,1-2H3. The number of sulfonamides is 1. The Morgan fingerprint density at radius 3 is 2.67 bits per heavy atom. The zero-order chi connectivity index (χ0) is 15.5. The Kier molecular flexibility index (Phi) is 5.41. The van der Waals surface area contributed by atoms with E-state index in [1.165, 1.54) is 12.8 Å². The molecule has 0 aliphatic heterocycles. The molecule has 0 aromatic heterocycles. The quantitative estimate of drug-likeness (QED) is 0.840. The molecule has 2 atom stereocenters. The van der Waals surface area contributed by atoms with Crippen molar-refractivity contribution in [3.8, 4) is 0 Å². The Bertz CT molecular complexity index is 583. The molecular weight excluding hydrogens is 286 g/mol. The monoisotopic (exact) mass is 311 g/mol. The van der Waals surface area contributed by atoms with Crippen LogP contribution in [0.15, 0.2) is 23.1 Å². The number of rotatable bonds is 4. The van der Waals surface area contributed by atoms with E-state index >= 15 is 0 Å². The summed E-state index contributed by atoms with van der Waals surface area (Å²) in [6.45, 7) is 3.72. The molecule has 0 spiro atoms. The summed E-state index contributed by atoms with van der Waals surface area (Å²) in [5.41, 5.74) is 1.29. The third-order valence-electron chi connectivity index (χ3n) is 4.52. The molecule has 118 valence electrons. The maximum Gasteiger partial charge on any atom is 0.241 e. The first-order valence-corrected chi connectivity index (χ1v) is 9.15. The maximum absolute atomic E-state index is 12.7. The van der Waals surface area contributed by atoms with Gasteiger partial charge >= 0.3 is 0 Å². The van der Waals surface area contributed by atoms with Crippen LogP contribution in [0.5, 0.6) is 0 Å². The Labute approximate surface area is 127 Å². The third kappa shape index (κ3) is 3.84. The van der Waals surface area contributed by atoms with E-state index in [-0.39, 0.29) is 17.5 Å². The van der Waals surface area contributed by atoms with Crippen molar-refractivity contribution in [2.24, 2.45) is 5.92 Å². The average molecular weight is 311 g/mol. The average Bonchev–Trinajstić information content (AvgIpc) is 2.64. The number of aliphatic hydroxyl groups is 1. The number of benzene rings is 1. The fourth-order valence-corrected chi connectivity index (χ4v) is 4.72. The first kappa shape index (κ1) is 16.5. The lowest BCUT2D eigenvalue weighted by Crippen LogP contribution is -2.39. The lowest BCUT2D eigenvalue weighted by atomic mass is 9.98. The van der Waals surface area contributed by atoms with E-state index in [9.17, 15) is 13.5 Å². The van der Waals surface area contributed by atoms with Crippen LogP contribution in [-0.2, 0) is 16.6 Å². The summed E-state index contributed by atoms with van der Waals surface area (Å²) in [6, 6.07) is 5.06. The molecule has 1 fully saturated rings. The molecule has 1 saturated carbocycles. The molecule has 0 radical (unpaired) electrons. The molecule has 4 nitrogen and oxygen atoms in total. The summed E-state index contributed by atoms with van der Waals surface area (Å²) in [6.07, 6.45) is 5.41. The molecule has 0 saturated heterocycles. The second kappa shape index (κ2) is 6.90. The van der Waals surface area contributed by atoms with Crippen molar-refractivity contribution >= 4 is 10.0 Å². The molecule has 1 aliphatic rings. The Morgan fingerprint density at radius 1 is 1.24 bits per heavy atom. The van der Waals surface area contributed by atoms with Gasteiger partial charge < -0.3 is 5.11 Å². The van der Waals surface area contributed by atoms with Crippen LogP contribution in [0.25, 0.3) is 0 Å². The fraction of sp³-hybridized carbons (Fsp3) is 0.625. The largest absolute Gasteiger partial charge is 0.392 e. The molecule has 1 aromatic rings. The van der Waals surface area contributed by atoms with Crippen LogP contribution in [-0.4, -0.2) is 19.6 Å². The Hall–Kier alpha value is -0.910. The highest BCUT2D eigenvalue weighted by Gasteiger charge is 2.27. The van der Waals surface area contributed by atoms with Crippen molar-refractivity contribution in [1.82, 2.24) is 4.72 Å². The SMILES string of the molecule is Cc1c(CO)cccc1S(=O)(=O)NC1CCCCCC1C. The molecule has 2 rings (SSSR count). The molecule has 2 N–H and O–H groups in total. The van der Waals surface area contributed by atoms with Gasteiger partial charge in [0.15, 0.2) is 0 Å². The van der Waals surface area contributed by atoms with Gasteiger partial charge in [0.2, 0.25) is 10.0 Å². The third-order valence-corrected chi connectivity index (χ3v) is 6.16. The lowest BCUT2D eigenvalue weighted by Gasteiger charge is -2.23. The first-order chi connectivity index (χ1) is 9.95. The van der Waals surface area contributed by atoms with Gasteiger partial charge in [-0.1, -0.05) is 38.3 Å². The van der Waals surface area contributed by atoms with Crippen molar-refractivity contribution < 1.29 is 13.5 Å². The summed E-state index contributed by atoms with van der Waals surface area (Å²) in [7, 11) is -3.53. The van der Waals surface area contributed by atoms with Crippen LogP contribution in [0.1, 0.15) is 50.2 Å². The summed E-state index contributed by atoms with van der Waals surface area (Å²) in [5.74, 6) is 0.364. The molecule has 0 bridgehead atoms. The number of hydrogen-bond acceptors (Lipinski definition) is 3.